The molecule has 2 rings (SSSR count). The van der Waals surface area contributed by atoms with Crippen molar-refractivity contribution in [2.24, 2.45) is 4.99 Å². The number of aromatic nitrogens is 1. The van der Waals surface area contributed by atoms with Crippen LogP contribution in [0.1, 0.15) is 36.2 Å². The molecular formula is C16H20F2N4S. The number of thiazole rings is 1. The number of aliphatic imine (C=N–C) groups is 1. The van der Waals surface area contributed by atoms with E-state index in [-0.39, 0.29) is 6.04 Å². The van der Waals surface area contributed by atoms with Gasteiger partial charge in [-0.05, 0) is 19.4 Å². The molecule has 0 aliphatic rings. The van der Waals surface area contributed by atoms with Crippen molar-refractivity contribution < 1.29 is 8.78 Å². The number of halogens is 2. The summed E-state index contributed by atoms with van der Waals surface area (Å²) in [5.41, 5.74) is 1.33. The highest BCUT2D eigenvalue weighted by atomic mass is 32.1. The van der Waals surface area contributed by atoms with E-state index in [1.54, 1.807) is 25.3 Å². The molecule has 0 saturated heterocycles. The van der Waals surface area contributed by atoms with Gasteiger partial charge in [-0.3, -0.25) is 4.99 Å². The first-order chi connectivity index (χ1) is 11.0. The van der Waals surface area contributed by atoms with Gasteiger partial charge in [-0.1, -0.05) is 13.0 Å². The molecule has 4 nitrogen and oxygen atoms in total. The average molecular weight is 338 g/mol. The minimum Gasteiger partial charge on any atom is -0.351 e. The van der Waals surface area contributed by atoms with E-state index >= 15 is 0 Å². The molecule has 124 valence electrons. The van der Waals surface area contributed by atoms with E-state index in [0.717, 1.165) is 23.2 Å². The van der Waals surface area contributed by atoms with Gasteiger partial charge in [0.05, 0.1) is 23.3 Å². The number of benzene rings is 1. The summed E-state index contributed by atoms with van der Waals surface area (Å²) in [6.07, 6.45) is 0.915. The summed E-state index contributed by atoms with van der Waals surface area (Å²) in [4.78, 5) is 8.58. The minimum atomic E-state index is -0.587. The minimum absolute atomic E-state index is 0.344. The molecule has 1 unspecified atom stereocenters. The summed E-state index contributed by atoms with van der Waals surface area (Å²) < 4.78 is 26.8. The van der Waals surface area contributed by atoms with Gasteiger partial charge in [-0.15, -0.1) is 11.3 Å². The van der Waals surface area contributed by atoms with E-state index < -0.39 is 11.6 Å². The van der Waals surface area contributed by atoms with Crippen molar-refractivity contribution in [2.75, 3.05) is 7.05 Å². The number of guanidine groups is 1. The Bertz CT molecular complexity index is 684. The first kappa shape index (κ1) is 17.3. The lowest BCUT2D eigenvalue weighted by Crippen LogP contribution is -2.38. The molecule has 0 aliphatic heterocycles. The lowest BCUT2D eigenvalue weighted by Gasteiger charge is -2.18. The Morgan fingerprint density at radius 2 is 2.17 bits per heavy atom. The van der Waals surface area contributed by atoms with Gasteiger partial charge in [-0.25, -0.2) is 13.8 Å². The molecular weight excluding hydrogens is 318 g/mol. The average Bonchev–Trinajstić information content (AvgIpc) is 2.99. The molecule has 0 spiro atoms. The molecule has 0 bridgehead atoms. The van der Waals surface area contributed by atoms with Crippen LogP contribution in [0.2, 0.25) is 0 Å². The molecule has 1 aromatic carbocycles. The van der Waals surface area contributed by atoms with E-state index in [2.05, 4.69) is 27.5 Å². The second kappa shape index (κ2) is 8.01. The van der Waals surface area contributed by atoms with Crippen LogP contribution >= 0.6 is 11.3 Å². The summed E-state index contributed by atoms with van der Waals surface area (Å²) in [7, 11) is 1.64. The Kier molecular flexibility index (Phi) is 6.04. The van der Waals surface area contributed by atoms with Crippen LogP contribution in [-0.2, 0) is 13.0 Å². The van der Waals surface area contributed by atoms with Gasteiger partial charge in [0.15, 0.2) is 5.96 Å². The predicted octanol–water partition coefficient (Wildman–Crippen LogP) is 3.41. The van der Waals surface area contributed by atoms with Crippen LogP contribution in [0.3, 0.4) is 0 Å². The van der Waals surface area contributed by atoms with Crippen molar-refractivity contribution in [3.63, 3.8) is 0 Å². The maximum absolute atomic E-state index is 13.8. The van der Waals surface area contributed by atoms with Crippen LogP contribution in [0.25, 0.3) is 0 Å². The summed E-state index contributed by atoms with van der Waals surface area (Å²) in [5.74, 6) is -0.629. The summed E-state index contributed by atoms with van der Waals surface area (Å²) in [6.45, 7) is 4.39. The largest absolute Gasteiger partial charge is 0.351 e. The number of rotatable bonds is 5. The fourth-order valence-electron chi connectivity index (χ4n) is 2.10. The Labute approximate surface area is 138 Å². The second-order valence-corrected chi connectivity index (χ2v) is 5.99. The molecule has 2 N–H and O–H groups in total. The van der Waals surface area contributed by atoms with Crippen molar-refractivity contribution in [1.82, 2.24) is 15.6 Å². The monoisotopic (exact) mass is 338 g/mol. The van der Waals surface area contributed by atoms with Gasteiger partial charge in [0.25, 0.3) is 0 Å². The highest BCUT2D eigenvalue weighted by Gasteiger charge is 2.13. The molecule has 7 heteroatoms. The third-order valence-corrected chi connectivity index (χ3v) is 4.39. The summed E-state index contributed by atoms with van der Waals surface area (Å²) in [6, 6.07) is 3.21. The zero-order valence-corrected chi connectivity index (χ0v) is 14.2. The number of nitrogens with one attached hydrogen (secondary N) is 2. The Morgan fingerprint density at radius 3 is 2.78 bits per heavy atom. The van der Waals surface area contributed by atoms with Gasteiger partial charge in [0.2, 0.25) is 0 Å². The van der Waals surface area contributed by atoms with Crippen LogP contribution in [-0.4, -0.2) is 18.0 Å². The molecule has 1 heterocycles. The SMILES string of the molecule is CCc1nc(CNC(=NC)NC(C)c2ccc(F)cc2F)cs1. The number of nitrogens with zero attached hydrogens (tertiary/aromatic N) is 2. The van der Waals surface area contributed by atoms with Crippen LogP contribution in [0.5, 0.6) is 0 Å². The van der Waals surface area contributed by atoms with Crippen molar-refractivity contribution >= 4 is 17.3 Å². The third kappa shape index (κ3) is 4.72. The normalized spacial score (nSPS) is 13.0. The molecule has 0 saturated carbocycles. The van der Waals surface area contributed by atoms with Gasteiger partial charge in [-0.2, -0.15) is 0 Å². The van der Waals surface area contributed by atoms with Crippen LogP contribution in [0.15, 0.2) is 28.6 Å². The highest BCUT2D eigenvalue weighted by molar-refractivity contribution is 7.09. The number of hydrogen-bond donors (Lipinski definition) is 2. The number of aryl methyl sites for hydroxylation is 1. The maximum atomic E-state index is 13.8. The molecule has 0 amide bonds. The zero-order chi connectivity index (χ0) is 16.8. The molecule has 0 radical (unpaired) electrons. The smallest absolute Gasteiger partial charge is 0.191 e. The van der Waals surface area contributed by atoms with Crippen molar-refractivity contribution in [2.45, 2.75) is 32.9 Å². The Hall–Kier alpha value is -2.02. The van der Waals surface area contributed by atoms with Crippen molar-refractivity contribution in [3.8, 4) is 0 Å². The molecule has 0 fully saturated rings. The van der Waals surface area contributed by atoms with Crippen molar-refractivity contribution in [3.05, 3.63) is 51.5 Å². The zero-order valence-electron chi connectivity index (χ0n) is 13.4. The molecule has 1 atom stereocenters. The fourth-order valence-corrected chi connectivity index (χ4v) is 2.84. The maximum Gasteiger partial charge on any atom is 0.191 e. The molecule has 2 aromatic rings. The summed E-state index contributed by atoms with van der Waals surface area (Å²) >= 11 is 1.63. The van der Waals surface area contributed by atoms with E-state index in [1.165, 1.54) is 12.1 Å². The second-order valence-electron chi connectivity index (χ2n) is 5.04. The van der Waals surface area contributed by atoms with E-state index in [9.17, 15) is 8.78 Å². The predicted molar refractivity (Wildman–Crippen MR) is 89.6 cm³/mol. The molecule has 0 aliphatic carbocycles. The topological polar surface area (TPSA) is 49.3 Å². The first-order valence-corrected chi connectivity index (χ1v) is 8.26. The molecule has 1 aromatic heterocycles. The highest BCUT2D eigenvalue weighted by Crippen LogP contribution is 2.17. The lowest BCUT2D eigenvalue weighted by atomic mass is 10.1. The van der Waals surface area contributed by atoms with Gasteiger partial charge in [0, 0.05) is 24.1 Å². The molecule has 23 heavy (non-hydrogen) atoms. The van der Waals surface area contributed by atoms with Crippen molar-refractivity contribution in [1.29, 1.82) is 0 Å². The van der Waals surface area contributed by atoms with Gasteiger partial charge >= 0.3 is 0 Å². The standard InChI is InChI=1S/C16H20F2N4S/c1-4-15-22-12(9-23-15)8-20-16(19-3)21-10(2)13-6-5-11(17)7-14(13)18/h5-7,9-10H,4,8H2,1-3H3,(H2,19,20,21). The van der Waals surface area contributed by atoms with Crippen LogP contribution < -0.4 is 10.6 Å². The summed E-state index contributed by atoms with van der Waals surface area (Å²) in [5, 5.41) is 9.32. The Balaban J connectivity index is 1.96. The van der Waals surface area contributed by atoms with Gasteiger partial charge in [0.1, 0.15) is 11.6 Å². The number of hydrogen-bond acceptors (Lipinski definition) is 3. The van der Waals surface area contributed by atoms with E-state index in [4.69, 9.17) is 0 Å². The van der Waals surface area contributed by atoms with Crippen LogP contribution in [0.4, 0.5) is 8.78 Å². The quantitative estimate of drug-likeness (QED) is 0.649. The third-order valence-electron chi connectivity index (χ3n) is 3.34. The van der Waals surface area contributed by atoms with E-state index in [1.807, 2.05) is 5.38 Å². The lowest BCUT2D eigenvalue weighted by molar-refractivity contribution is 0.550. The Morgan fingerprint density at radius 1 is 1.39 bits per heavy atom. The van der Waals surface area contributed by atoms with Crippen LogP contribution in [0, 0.1) is 11.6 Å². The van der Waals surface area contributed by atoms with E-state index in [0.29, 0.717) is 18.1 Å². The van der Waals surface area contributed by atoms with Gasteiger partial charge < -0.3 is 10.6 Å². The first-order valence-electron chi connectivity index (χ1n) is 7.39. The fraction of sp³-hybridized carbons (Fsp3) is 0.375.